The van der Waals surface area contributed by atoms with E-state index in [2.05, 4.69) is 17.4 Å². The van der Waals surface area contributed by atoms with Crippen LogP contribution in [-0.2, 0) is 16.0 Å². The molecule has 1 saturated carbocycles. The Morgan fingerprint density at radius 2 is 1.96 bits per heavy atom. The molecule has 1 N–H and O–H groups in total. The van der Waals surface area contributed by atoms with E-state index in [9.17, 15) is 0 Å². The van der Waals surface area contributed by atoms with Crippen molar-refractivity contribution in [3.63, 3.8) is 0 Å². The van der Waals surface area contributed by atoms with E-state index in [1.54, 1.807) is 0 Å². The van der Waals surface area contributed by atoms with Crippen molar-refractivity contribution in [2.75, 3.05) is 27.2 Å². The Balaban J connectivity index is 1.51. The van der Waals surface area contributed by atoms with E-state index in [0.29, 0.717) is 13.2 Å². The lowest BCUT2D eigenvalue weighted by Gasteiger charge is -2.31. The van der Waals surface area contributed by atoms with Gasteiger partial charge in [-0.25, -0.2) is 4.99 Å². The summed E-state index contributed by atoms with van der Waals surface area (Å²) < 4.78 is 12.2. The Bertz CT molecular complexity index is 539. The molecule has 1 aliphatic carbocycles. The zero-order chi connectivity index (χ0) is 16.8. The molecule has 132 valence electrons. The van der Waals surface area contributed by atoms with Gasteiger partial charge in [0.2, 0.25) is 0 Å². The Hall–Kier alpha value is -1.59. The molecule has 1 atom stereocenters. The van der Waals surface area contributed by atoms with E-state index >= 15 is 0 Å². The second-order valence-corrected chi connectivity index (χ2v) is 6.92. The van der Waals surface area contributed by atoms with E-state index in [4.69, 9.17) is 14.5 Å². The first-order valence-corrected chi connectivity index (χ1v) is 8.98. The molecule has 5 heteroatoms. The summed E-state index contributed by atoms with van der Waals surface area (Å²) in [6.45, 7) is 2.08. The summed E-state index contributed by atoms with van der Waals surface area (Å²) in [5.74, 6) is 0.580. The minimum Gasteiger partial charge on any atom is -0.354 e. The smallest absolute Gasteiger partial charge is 0.193 e. The zero-order valence-corrected chi connectivity index (χ0v) is 14.8. The number of nitrogens with one attached hydrogen (secondary N) is 1. The minimum atomic E-state index is -0.302. The molecule has 0 radical (unpaired) electrons. The molecule has 0 amide bonds. The number of hydrogen-bond acceptors (Lipinski definition) is 3. The van der Waals surface area contributed by atoms with Crippen LogP contribution in [0.2, 0.25) is 0 Å². The fourth-order valence-corrected chi connectivity index (χ4v) is 3.38. The second-order valence-electron chi connectivity index (χ2n) is 6.92. The van der Waals surface area contributed by atoms with Crippen molar-refractivity contribution in [2.24, 2.45) is 4.99 Å². The third-order valence-corrected chi connectivity index (χ3v) is 4.69. The highest BCUT2D eigenvalue weighted by atomic mass is 16.7. The summed E-state index contributed by atoms with van der Waals surface area (Å²) in [5, 5.41) is 3.42. The average Bonchev–Trinajstić information content (AvgIpc) is 2.98. The van der Waals surface area contributed by atoms with Gasteiger partial charge in [-0.2, -0.15) is 0 Å². The van der Waals surface area contributed by atoms with Crippen LogP contribution in [0.25, 0.3) is 0 Å². The first-order chi connectivity index (χ1) is 11.7. The predicted octanol–water partition coefficient (Wildman–Crippen LogP) is 2.77. The van der Waals surface area contributed by atoms with E-state index in [1.807, 2.05) is 37.2 Å². The standard InChI is InChI=1S/C19H29N3O2/c1-22(2)18(20-13-16-9-5-3-6-10-16)21-14-17-15-23-19(24-17)11-7-4-8-12-19/h3,5-6,9-10,17H,4,7-8,11-15H2,1-2H3,(H,20,21). The van der Waals surface area contributed by atoms with Gasteiger partial charge in [0.25, 0.3) is 0 Å². The molecule has 0 bridgehead atoms. The maximum Gasteiger partial charge on any atom is 0.193 e. The first kappa shape index (κ1) is 17.2. The molecule has 5 nitrogen and oxygen atoms in total. The lowest BCUT2D eigenvalue weighted by molar-refractivity contribution is -0.186. The van der Waals surface area contributed by atoms with Crippen molar-refractivity contribution in [3.05, 3.63) is 35.9 Å². The summed E-state index contributed by atoms with van der Waals surface area (Å²) in [6, 6.07) is 10.3. The summed E-state index contributed by atoms with van der Waals surface area (Å²) in [7, 11) is 4.01. The highest BCUT2D eigenvalue weighted by Gasteiger charge is 2.42. The number of ether oxygens (including phenoxy) is 2. The Morgan fingerprint density at radius 1 is 1.21 bits per heavy atom. The average molecular weight is 331 g/mol. The van der Waals surface area contributed by atoms with Crippen molar-refractivity contribution in [1.82, 2.24) is 10.2 Å². The van der Waals surface area contributed by atoms with Crippen LogP contribution in [0.4, 0.5) is 0 Å². The Morgan fingerprint density at radius 3 is 2.67 bits per heavy atom. The molecule has 0 aromatic heterocycles. The highest BCUT2D eigenvalue weighted by molar-refractivity contribution is 5.79. The molecule has 2 fully saturated rings. The number of rotatable bonds is 4. The number of nitrogens with zero attached hydrogens (tertiary/aromatic N) is 2. The number of benzene rings is 1. The molecule has 1 unspecified atom stereocenters. The third kappa shape index (κ3) is 4.48. The van der Waals surface area contributed by atoms with Crippen LogP contribution in [0, 0.1) is 0 Å². The minimum absolute atomic E-state index is 0.102. The highest BCUT2D eigenvalue weighted by Crippen LogP contribution is 2.37. The van der Waals surface area contributed by atoms with Crippen molar-refractivity contribution in [3.8, 4) is 0 Å². The van der Waals surface area contributed by atoms with Gasteiger partial charge in [0.1, 0.15) is 6.10 Å². The van der Waals surface area contributed by atoms with Gasteiger partial charge in [-0.05, 0) is 18.4 Å². The van der Waals surface area contributed by atoms with Gasteiger partial charge in [0, 0.05) is 33.5 Å². The summed E-state index contributed by atoms with van der Waals surface area (Å²) in [6.07, 6.45) is 5.89. The van der Waals surface area contributed by atoms with Crippen LogP contribution >= 0.6 is 0 Å². The van der Waals surface area contributed by atoms with Crippen LogP contribution in [0.3, 0.4) is 0 Å². The SMILES string of the molecule is CN(C)C(=NCc1ccccc1)NCC1COC2(CCCCC2)O1. The molecule has 3 rings (SSSR count). The Labute approximate surface area is 145 Å². The largest absolute Gasteiger partial charge is 0.354 e. The molecular formula is C19H29N3O2. The van der Waals surface area contributed by atoms with Crippen LogP contribution in [0.1, 0.15) is 37.7 Å². The quantitative estimate of drug-likeness (QED) is 0.681. The lowest BCUT2D eigenvalue weighted by Crippen LogP contribution is -2.42. The molecule has 1 aliphatic heterocycles. The fraction of sp³-hybridized carbons (Fsp3) is 0.632. The normalized spacial score (nSPS) is 23.4. The van der Waals surface area contributed by atoms with Gasteiger partial charge in [0.15, 0.2) is 11.7 Å². The molecule has 2 aliphatic rings. The maximum atomic E-state index is 6.22. The van der Waals surface area contributed by atoms with Gasteiger partial charge >= 0.3 is 0 Å². The summed E-state index contributed by atoms with van der Waals surface area (Å²) in [4.78, 5) is 6.70. The summed E-state index contributed by atoms with van der Waals surface area (Å²) in [5.41, 5.74) is 1.21. The summed E-state index contributed by atoms with van der Waals surface area (Å²) >= 11 is 0. The zero-order valence-electron chi connectivity index (χ0n) is 14.8. The van der Waals surface area contributed by atoms with Crippen LogP contribution in [0.5, 0.6) is 0 Å². The number of hydrogen-bond donors (Lipinski definition) is 1. The fourth-order valence-electron chi connectivity index (χ4n) is 3.38. The van der Waals surface area contributed by atoms with Gasteiger partial charge in [-0.15, -0.1) is 0 Å². The van der Waals surface area contributed by atoms with Gasteiger partial charge in [-0.1, -0.05) is 36.8 Å². The second kappa shape index (κ2) is 7.99. The Kier molecular flexibility index (Phi) is 5.74. The molecule has 1 aromatic carbocycles. The van der Waals surface area contributed by atoms with Crippen LogP contribution in [-0.4, -0.2) is 50.0 Å². The van der Waals surface area contributed by atoms with Crippen molar-refractivity contribution < 1.29 is 9.47 Å². The van der Waals surface area contributed by atoms with Crippen LogP contribution in [0.15, 0.2) is 35.3 Å². The topological polar surface area (TPSA) is 46.1 Å². The van der Waals surface area contributed by atoms with Gasteiger partial charge < -0.3 is 19.7 Å². The maximum absolute atomic E-state index is 6.22. The third-order valence-electron chi connectivity index (χ3n) is 4.69. The molecular weight excluding hydrogens is 302 g/mol. The predicted molar refractivity (Wildman–Crippen MR) is 95.9 cm³/mol. The van der Waals surface area contributed by atoms with Gasteiger partial charge in [0.05, 0.1) is 13.2 Å². The van der Waals surface area contributed by atoms with Crippen molar-refractivity contribution in [1.29, 1.82) is 0 Å². The van der Waals surface area contributed by atoms with Crippen LogP contribution < -0.4 is 5.32 Å². The number of aliphatic imine (C=N–C) groups is 1. The van der Waals surface area contributed by atoms with E-state index < -0.39 is 0 Å². The number of guanidine groups is 1. The van der Waals surface area contributed by atoms with Crippen molar-refractivity contribution in [2.45, 2.75) is 50.5 Å². The molecule has 1 saturated heterocycles. The van der Waals surface area contributed by atoms with Crippen molar-refractivity contribution >= 4 is 5.96 Å². The van der Waals surface area contributed by atoms with E-state index in [-0.39, 0.29) is 11.9 Å². The van der Waals surface area contributed by atoms with E-state index in [1.165, 1.54) is 24.8 Å². The molecule has 24 heavy (non-hydrogen) atoms. The van der Waals surface area contributed by atoms with E-state index in [0.717, 1.165) is 25.3 Å². The molecule has 1 aromatic rings. The lowest BCUT2D eigenvalue weighted by atomic mass is 9.94. The molecule has 1 spiro atoms. The molecule has 1 heterocycles. The monoisotopic (exact) mass is 331 g/mol. The first-order valence-electron chi connectivity index (χ1n) is 8.98. The van der Waals surface area contributed by atoms with Gasteiger partial charge in [-0.3, -0.25) is 0 Å².